The van der Waals surface area contributed by atoms with Gasteiger partial charge in [-0.3, -0.25) is 4.98 Å². The second-order valence-electron chi connectivity index (χ2n) is 4.56. The predicted molar refractivity (Wildman–Crippen MR) is 67.8 cm³/mol. The van der Waals surface area contributed by atoms with E-state index >= 15 is 0 Å². The van der Waals surface area contributed by atoms with Gasteiger partial charge in [-0.2, -0.15) is 0 Å². The monoisotopic (exact) mass is 230 g/mol. The molecule has 0 radical (unpaired) electrons. The Morgan fingerprint density at radius 1 is 1.29 bits per heavy atom. The van der Waals surface area contributed by atoms with Crippen molar-refractivity contribution < 1.29 is 5.11 Å². The van der Waals surface area contributed by atoms with Crippen LogP contribution in [0.4, 0.5) is 0 Å². The van der Waals surface area contributed by atoms with Gasteiger partial charge in [0.05, 0.1) is 6.61 Å². The fourth-order valence-corrected chi connectivity index (χ4v) is 1.86. The van der Waals surface area contributed by atoms with E-state index in [9.17, 15) is 5.11 Å². The molecule has 0 spiro atoms. The Balaban J connectivity index is 2.26. The van der Waals surface area contributed by atoms with Gasteiger partial charge >= 0.3 is 0 Å². The number of pyridine rings is 1. The molecule has 2 aromatic heterocycles. The zero-order valence-corrected chi connectivity index (χ0v) is 10.3. The summed E-state index contributed by atoms with van der Waals surface area (Å²) in [5, 5.41) is 9.36. The summed E-state index contributed by atoms with van der Waals surface area (Å²) < 4.78 is 2.10. The summed E-state index contributed by atoms with van der Waals surface area (Å²) in [6.45, 7) is 5.18. The summed E-state index contributed by atoms with van der Waals surface area (Å²) in [6, 6.07) is 6.07. The van der Waals surface area contributed by atoms with Crippen LogP contribution in [0.5, 0.6) is 0 Å². The number of hydrogen-bond donors (Lipinski definition) is 1. The summed E-state index contributed by atoms with van der Waals surface area (Å²) in [5.74, 6) is 0.485. The molecule has 0 unspecified atom stereocenters. The third kappa shape index (κ3) is 2.74. The molecular weight excluding hydrogens is 212 g/mol. The maximum Gasteiger partial charge on any atom is 0.0833 e. The zero-order valence-electron chi connectivity index (χ0n) is 10.3. The Kier molecular flexibility index (Phi) is 3.59. The maximum atomic E-state index is 9.36. The molecule has 3 heteroatoms. The number of nitrogens with zero attached hydrogens (tertiary/aromatic N) is 2. The van der Waals surface area contributed by atoms with Crippen molar-refractivity contribution in [2.45, 2.75) is 32.9 Å². The molecule has 0 aliphatic heterocycles. The first-order valence-corrected chi connectivity index (χ1v) is 5.89. The van der Waals surface area contributed by atoms with Gasteiger partial charge in [0.25, 0.3) is 0 Å². The first-order valence-electron chi connectivity index (χ1n) is 5.89. The van der Waals surface area contributed by atoms with Gasteiger partial charge in [0, 0.05) is 30.8 Å². The van der Waals surface area contributed by atoms with E-state index in [-0.39, 0.29) is 6.61 Å². The molecule has 90 valence electrons. The number of aliphatic hydroxyl groups excluding tert-OH is 1. The van der Waals surface area contributed by atoms with Crippen molar-refractivity contribution in [3.05, 3.63) is 53.6 Å². The van der Waals surface area contributed by atoms with Gasteiger partial charge in [0.2, 0.25) is 0 Å². The SMILES string of the molecule is CC(C)c1cc(CO)n(Cc2ccncc2)c1. The fourth-order valence-electron chi connectivity index (χ4n) is 1.86. The maximum absolute atomic E-state index is 9.36. The molecule has 1 N–H and O–H groups in total. The number of aliphatic hydroxyl groups is 1. The van der Waals surface area contributed by atoms with Crippen LogP contribution in [-0.2, 0) is 13.2 Å². The molecule has 2 rings (SSSR count). The largest absolute Gasteiger partial charge is 0.390 e. The molecule has 0 atom stereocenters. The van der Waals surface area contributed by atoms with Gasteiger partial charge < -0.3 is 9.67 Å². The second-order valence-corrected chi connectivity index (χ2v) is 4.56. The average Bonchev–Trinajstić information content (AvgIpc) is 2.74. The molecule has 3 nitrogen and oxygen atoms in total. The minimum atomic E-state index is 0.0812. The van der Waals surface area contributed by atoms with Crippen molar-refractivity contribution in [1.29, 1.82) is 0 Å². The first-order chi connectivity index (χ1) is 8.20. The van der Waals surface area contributed by atoms with Crippen LogP contribution < -0.4 is 0 Å². The van der Waals surface area contributed by atoms with Crippen LogP contribution in [0.15, 0.2) is 36.8 Å². The van der Waals surface area contributed by atoms with Gasteiger partial charge in [0.15, 0.2) is 0 Å². The van der Waals surface area contributed by atoms with Crippen LogP contribution in [0.3, 0.4) is 0 Å². The number of hydrogen-bond acceptors (Lipinski definition) is 2. The molecular formula is C14H18N2O. The van der Waals surface area contributed by atoms with Crippen molar-refractivity contribution >= 4 is 0 Å². The highest BCUT2D eigenvalue weighted by molar-refractivity contribution is 5.23. The van der Waals surface area contributed by atoms with Crippen molar-refractivity contribution in [3.8, 4) is 0 Å². The lowest BCUT2D eigenvalue weighted by Gasteiger charge is -2.07. The second kappa shape index (κ2) is 5.15. The lowest BCUT2D eigenvalue weighted by Crippen LogP contribution is -2.02. The van der Waals surface area contributed by atoms with Crippen LogP contribution in [0, 0.1) is 0 Å². The molecule has 2 aromatic rings. The van der Waals surface area contributed by atoms with Gasteiger partial charge in [-0.05, 0) is 35.2 Å². The van der Waals surface area contributed by atoms with Crippen LogP contribution in [0.25, 0.3) is 0 Å². The minimum absolute atomic E-state index is 0.0812. The smallest absolute Gasteiger partial charge is 0.0833 e. The van der Waals surface area contributed by atoms with Gasteiger partial charge in [-0.15, -0.1) is 0 Å². The van der Waals surface area contributed by atoms with E-state index in [0.717, 1.165) is 12.2 Å². The van der Waals surface area contributed by atoms with Crippen LogP contribution in [0.1, 0.15) is 36.6 Å². The Morgan fingerprint density at radius 2 is 2.00 bits per heavy atom. The van der Waals surface area contributed by atoms with Crippen molar-refractivity contribution in [1.82, 2.24) is 9.55 Å². The number of aromatic nitrogens is 2. The van der Waals surface area contributed by atoms with Crippen LogP contribution in [-0.4, -0.2) is 14.7 Å². The van der Waals surface area contributed by atoms with Gasteiger partial charge in [-0.1, -0.05) is 13.8 Å². The summed E-state index contributed by atoms with van der Waals surface area (Å²) in [5.41, 5.74) is 3.43. The molecule has 0 fully saturated rings. The molecule has 17 heavy (non-hydrogen) atoms. The van der Waals surface area contributed by atoms with E-state index in [4.69, 9.17) is 0 Å². The third-order valence-corrected chi connectivity index (χ3v) is 2.94. The molecule has 2 heterocycles. The average molecular weight is 230 g/mol. The van der Waals surface area contributed by atoms with E-state index in [0.29, 0.717) is 5.92 Å². The van der Waals surface area contributed by atoms with E-state index in [1.165, 1.54) is 11.1 Å². The predicted octanol–water partition coefficient (Wildman–Crippen LogP) is 2.55. The van der Waals surface area contributed by atoms with Crippen molar-refractivity contribution in [3.63, 3.8) is 0 Å². The minimum Gasteiger partial charge on any atom is -0.390 e. The van der Waals surface area contributed by atoms with Crippen LogP contribution >= 0.6 is 0 Å². The Bertz CT molecular complexity index is 474. The quantitative estimate of drug-likeness (QED) is 0.876. The van der Waals surface area contributed by atoms with Crippen molar-refractivity contribution in [2.24, 2.45) is 0 Å². The normalized spacial score (nSPS) is 11.1. The molecule has 0 bridgehead atoms. The first kappa shape index (κ1) is 11.9. The molecule has 0 amide bonds. The molecule has 0 aliphatic carbocycles. The molecule has 0 aromatic carbocycles. The fraction of sp³-hybridized carbons (Fsp3) is 0.357. The van der Waals surface area contributed by atoms with E-state index in [1.807, 2.05) is 12.1 Å². The molecule has 0 saturated heterocycles. The summed E-state index contributed by atoms with van der Waals surface area (Å²) >= 11 is 0. The highest BCUT2D eigenvalue weighted by Gasteiger charge is 2.08. The van der Waals surface area contributed by atoms with E-state index in [1.54, 1.807) is 12.4 Å². The topological polar surface area (TPSA) is 38.0 Å². The summed E-state index contributed by atoms with van der Waals surface area (Å²) in [4.78, 5) is 4.00. The highest BCUT2D eigenvalue weighted by atomic mass is 16.3. The third-order valence-electron chi connectivity index (χ3n) is 2.94. The van der Waals surface area contributed by atoms with Crippen molar-refractivity contribution in [2.75, 3.05) is 0 Å². The van der Waals surface area contributed by atoms with Crippen LogP contribution in [0.2, 0.25) is 0 Å². The molecule has 0 aliphatic rings. The lowest BCUT2D eigenvalue weighted by atomic mass is 10.1. The number of rotatable bonds is 4. The summed E-state index contributed by atoms with van der Waals surface area (Å²) in [6.07, 6.45) is 5.71. The Morgan fingerprint density at radius 3 is 2.59 bits per heavy atom. The lowest BCUT2D eigenvalue weighted by molar-refractivity contribution is 0.271. The van der Waals surface area contributed by atoms with E-state index < -0.39 is 0 Å². The Hall–Kier alpha value is -1.61. The summed E-state index contributed by atoms with van der Waals surface area (Å²) in [7, 11) is 0. The Labute approximate surface area is 102 Å². The van der Waals surface area contributed by atoms with Gasteiger partial charge in [-0.25, -0.2) is 0 Å². The zero-order chi connectivity index (χ0) is 12.3. The van der Waals surface area contributed by atoms with Gasteiger partial charge in [0.1, 0.15) is 0 Å². The molecule has 0 saturated carbocycles. The standard InChI is InChI=1S/C14H18N2O/c1-11(2)13-7-14(10-17)16(9-13)8-12-3-5-15-6-4-12/h3-7,9,11,17H,8,10H2,1-2H3. The highest BCUT2D eigenvalue weighted by Crippen LogP contribution is 2.19. The van der Waals surface area contributed by atoms with E-state index in [2.05, 4.69) is 35.7 Å².